The van der Waals surface area contributed by atoms with Crippen molar-refractivity contribution in [1.82, 2.24) is 31.9 Å². The van der Waals surface area contributed by atoms with Gasteiger partial charge < -0.3 is 60.3 Å². The number of ether oxygens (including phenoxy) is 6. The lowest BCUT2D eigenvalue weighted by molar-refractivity contribution is -0.131. The topological polar surface area (TPSA) is 230 Å². The van der Waals surface area contributed by atoms with E-state index in [4.69, 9.17) is 34.8 Å². The highest BCUT2D eigenvalue weighted by atomic mass is 16.6. The minimum Gasteiger partial charge on any atom is -0.444 e. The number of nitrogens with one attached hydrogen (secondary N) is 6. The van der Waals surface area contributed by atoms with Crippen molar-refractivity contribution in [2.75, 3.05) is 85.6 Å². The Morgan fingerprint density at radius 2 is 0.932 bits per heavy atom. The van der Waals surface area contributed by atoms with Crippen molar-refractivity contribution < 1.29 is 57.2 Å². The van der Waals surface area contributed by atoms with Gasteiger partial charge in [-0.15, -0.1) is 6.42 Å². The number of amides is 6. The summed E-state index contributed by atoms with van der Waals surface area (Å²) in [5.74, 6) is 0.687. The molecule has 0 saturated carbocycles. The standard InChI is InChI=1S/C41H74N6O12/c1-8-24-54-26-28-56-30-31-57-29-27-55-25-19-35(49)47-33(17-18-34(48)42-20-13-9-11-15-22-44-38(52)58-40(2,3)4)37(51)46-32-36(50)43-21-14-10-12-16-23-45-39(53)59-41(5,6)7/h1,33H,9-32H2,2-7H3,(H,42,48)(H,43,50)(H,44,52)(H,45,53)(H,46,51)(H,47,49)/t33-/m1/s1. The lowest BCUT2D eigenvalue weighted by Crippen LogP contribution is -2.49. The van der Waals surface area contributed by atoms with E-state index in [9.17, 15) is 28.8 Å². The van der Waals surface area contributed by atoms with Crippen LogP contribution in [0.15, 0.2) is 0 Å². The lowest BCUT2D eigenvalue weighted by Gasteiger charge is -2.19. The molecule has 18 heteroatoms. The molecule has 0 aliphatic carbocycles. The number of carbonyl (C=O) groups is 6. The van der Waals surface area contributed by atoms with Crippen molar-refractivity contribution in [3.8, 4) is 12.3 Å². The summed E-state index contributed by atoms with van der Waals surface area (Å²) < 4.78 is 31.8. The molecule has 59 heavy (non-hydrogen) atoms. The van der Waals surface area contributed by atoms with Crippen LogP contribution in [0.25, 0.3) is 0 Å². The predicted molar refractivity (Wildman–Crippen MR) is 222 cm³/mol. The van der Waals surface area contributed by atoms with E-state index in [1.165, 1.54) is 0 Å². The molecule has 0 rings (SSSR count). The summed E-state index contributed by atoms with van der Waals surface area (Å²) in [7, 11) is 0. The van der Waals surface area contributed by atoms with E-state index in [0.717, 1.165) is 51.4 Å². The Kier molecular flexibility index (Phi) is 32.2. The van der Waals surface area contributed by atoms with Gasteiger partial charge in [-0.3, -0.25) is 19.2 Å². The molecule has 0 aliphatic heterocycles. The third-order valence-electron chi connectivity index (χ3n) is 7.70. The zero-order valence-corrected chi connectivity index (χ0v) is 36.5. The highest BCUT2D eigenvalue weighted by Crippen LogP contribution is 2.08. The van der Waals surface area contributed by atoms with Gasteiger partial charge in [0.05, 0.1) is 52.8 Å². The van der Waals surface area contributed by atoms with Crippen molar-refractivity contribution in [3.05, 3.63) is 0 Å². The molecule has 1 atom stereocenters. The van der Waals surface area contributed by atoms with Gasteiger partial charge in [-0.2, -0.15) is 0 Å². The van der Waals surface area contributed by atoms with E-state index in [0.29, 0.717) is 59.2 Å². The van der Waals surface area contributed by atoms with Crippen LogP contribution in [0, 0.1) is 12.3 Å². The second kappa shape index (κ2) is 34.7. The maximum atomic E-state index is 13.1. The fourth-order valence-corrected chi connectivity index (χ4v) is 4.88. The number of hydrogen-bond donors (Lipinski definition) is 6. The normalized spacial score (nSPS) is 11.7. The van der Waals surface area contributed by atoms with Crippen LogP contribution in [0.5, 0.6) is 0 Å². The van der Waals surface area contributed by atoms with Crippen LogP contribution in [-0.4, -0.2) is 139 Å². The largest absolute Gasteiger partial charge is 0.444 e. The summed E-state index contributed by atoms with van der Waals surface area (Å²) in [6.45, 7) is 14.8. The minimum atomic E-state index is -1.05. The van der Waals surface area contributed by atoms with Crippen molar-refractivity contribution in [1.29, 1.82) is 0 Å². The second-order valence-corrected chi connectivity index (χ2v) is 15.6. The van der Waals surface area contributed by atoms with E-state index in [-0.39, 0.29) is 57.4 Å². The third-order valence-corrected chi connectivity index (χ3v) is 7.70. The summed E-state index contributed by atoms with van der Waals surface area (Å²) >= 11 is 0. The average molecular weight is 843 g/mol. The van der Waals surface area contributed by atoms with E-state index >= 15 is 0 Å². The number of carbonyl (C=O) groups excluding carboxylic acids is 6. The molecule has 6 N–H and O–H groups in total. The molecule has 0 bridgehead atoms. The summed E-state index contributed by atoms with van der Waals surface area (Å²) in [5, 5.41) is 16.3. The molecular formula is C41H74N6O12. The predicted octanol–water partition coefficient (Wildman–Crippen LogP) is 2.86. The fourth-order valence-electron chi connectivity index (χ4n) is 4.88. The van der Waals surface area contributed by atoms with Gasteiger partial charge >= 0.3 is 12.2 Å². The summed E-state index contributed by atoms with van der Waals surface area (Å²) in [6, 6.07) is -1.05. The van der Waals surface area contributed by atoms with Crippen LogP contribution in [0.2, 0.25) is 0 Å². The van der Waals surface area contributed by atoms with Crippen molar-refractivity contribution in [2.24, 2.45) is 0 Å². The minimum absolute atomic E-state index is 0.0207. The first kappa shape index (κ1) is 54.8. The zero-order valence-electron chi connectivity index (χ0n) is 36.5. The molecule has 0 saturated heterocycles. The number of terminal acetylenes is 1. The van der Waals surface area contributed by atoms with Gasteiger partial charge in [0.15, 0.2) is 0 Å². The molecular weight excluding hydrogens is 768 g/mol. The van der Waals surface area contributed by atoms with Gasteiger partial charge in [0.1, 0.15) is 23.9 Å². The van der Waals surface area contributed by atoms with E-state index < -0.39 is 41.2 Å². The van der Waals surface area contributed by atoms with Crippen molar-refractivity contribution >= 4 is 35.8 Å². The van der Waals surface area contributed by atoms with E-state index in [1.54, 1.807) is 41.5 Å². The molecule has 0 aromatic heterocycles. The Morgan fingerprint density at radius 3 is 1.39 bits per heavy atom. The third kappa shape index (κ3) is 39.1. The first-order valence-corrected chi connectivity index (χ1v) is 20.8. The lowest BCUT2D eigenvalue weighted by atomic mass is 10.1. The van der Waals surface area contributed by atoms with E-state index in [2.05, 4.69) is 37.8 Å². The van der Waals surface area contributed by atoms with Crippen LogP contribution in [0.3, 0.4) is 0 Å². The maximum Gasteiger partial charge on any atom is 0.407 e. The van der Waals surface area contributed by atoms with Crippen LogP contribution < -0.4 is 31.9 Å². The first-order valence-electron chi connectivity index (χ1n) is 20.8. The van der Waals surface area contributed by atoms with Crippen molar-refractivity contribution in [2.45, 2.75) is 129 Å². The number of hydrogen-bond acceptors (Lipinski definition) is 12. The summed E-state index contributed by atoms with van der Waals surface area (Å²) in [4.78, 5) is 74.3. The SMILES string of the molecule is C#CCOCCOCCOCCOCCC(=O)N[C@H](CCC(=O)NCCCCCCNC(=O)OC(C)(C)C)C(=O)NCC(=O)NCCCCCCNC(=O)OC(C)(C)C. The Morgan fingerprint density at radius 1 is 0.508 bits per heavy atom. The Labute approximate surface area is 351 Å². The Balaban J connectivity index is 4.59. The molecule has 6 amide bonds. The van der Waals surface area contributed by atoms with Crippen LogP contribution in [0.1, 0.15) is 112 Å². The molecule has 0 radical (unpaired) electrons. The zero-order chi connectivity index (χ0) is 44.2. The van der Waals surface area contributed by atoms with Crippen LogP contribution in [-0.2, 0) is 47.6 Å². The molecule has 0 spiro atoms. The fraction of sp³-hybridized carbons (Fsp3) is 0.805. The number of rotatable bonds is 34. The first-order chi connectivity index (χ1) is 28.0. The van der Waals surface area contributed by atoms with Gasteiger partial charge in [-0.1, -0.05) is 31.6 Å². The maximum absolute atomic E-state index is 13.1. The quantitative estimate of drug-likeness (QED) is 0.0406. The van der Waals surface area contributed by atoms with Crippen molar-refractivity contribution in [3.63, 3.8) is 0 Å². The van der Waals surface area contributed by atoms with Gasteiger partial charge in [-0.25, -0.2) is 9.59 Å². The Hall–Kier alpha value is -4.18. The molecule has 18 nitrogen and oxygen atoms in total. The van der Waals surface area contributed by atoms with Crippen LogP contribution in [0.4, 0.5) is 9.59 Å². The van der Waals surface area contributed by atoms with Gasteiger partial charge in [-0.05, 0) is 73.6 Å². The highest BCUT2D eigenvalue weighted by molar-refractivity contribution is 5.91. The van der Waals surface area contributed by atoms with Gasteiger partial charge in [0.2, 0.25) is 23.6 Å². The molecule has 340 valence electrons. The van der Waals surface area contributed by atoms with Gasteiger partial charge in [0, 0.05) is 39.0 Å². The molecule has 0 fully saturated rings. The molecule has 0 aromatic carbocycles. The summed E-state index contributed by atoms with van der Waals surface area (Å²) in [6.07, 6.45) is 10.6. The monoisotopic (exact) mass is 843 g/mol. The number of alkyl carbamates (subject to hydrolysis) is 2. The highest BCUT2D eigenvalue weighted by Gasteiger charge is 2.22. The summed E-state index contributed by atoms with van der Waals surface area (Å²) in [5.41, 5.74) is -1.10. The average Bonchev–Trinajstić information content (AvgIpc) is 3.14. The van der Waals surface area contributed by atoms with Gasteiger partial charge in [0.25, 0.3) is 0 Å². The molecule has 0 unspecified atom stereocenters. The Bertz CT molecular complexity index is 1230. The smallest absolute Gasteiger partial charge is 0.407 e. The molecule has 0 aromatic rings. The van der Waals surface area contributed by atoms with E-state index in [1.807, 2.05) is 0 Å². The number of unbranched alkanes of at least 4 members (excludes halogenated alkanes) is 6. The molecule has 0 heterocycles. The molecule has 0 aliphatic rings. The second-order valence-electron chi connectivity index (χ2n) is 15.6. The van der Waals surface area contributed by atoms with Crippen LogP contribution >= 0.6 is 0 Å².